The maximum Gasteiger partial charge on any atom is 0.136 e. The number of hydrogen-bond donors (Lipinski definition) is 1. The van der Waals surface area contributed by atoms with Crippen LogP contribution >= 0.6 is 11.3 Å². The Balaban J connectivity index is 0.983. The minimum atomic E-state index is -0.270. The van der Waals surface area contributed by atoms with Crippen molar-refractivity contribution in [1.29, 1.82) is 0 Å². The van der Waals surface area contributed by atoms with E-state index in [1.165, 1.54) is 58.4 Å². The molecule has 61 heavy (non-hydrogen) atoms. The maximum atomic E-state index is 6.95. The molecule has 2 N–H and O–H groups in total. The minimum Gasteiger partial charge on any atom is -0.456 e. The van der Waals surface area contributed by atoms with Crippen LogP contribution in [0.15, 0.2) is 191 Å². The van der Waals surface area contributed by atoms with Crippen LogP contribution in [-0.4, -0.2) is 5.84 Å². The molecule has 9 aromatic carbocycles. The number of amidine groups is 1. The van der Waals surface area contributed by atoms with Crippen molar-refractivity contribution in [3.05, 3.63) is 210 Å². The van der Waals surface area contributed by atoms with E-state index in [0.29, 0.717) is 5.84 Å². The minimum absolute atomic E-state index is 0.270. The van der Waals surface area contributed by atoms with Crippen molar-refractivity contribution in [2.75, 3.05) is 0 Å². The highest BCUT2D eigenvalue weighted by atomic mass is 32.1. The van der Waals surface area contributed by atoms with Gasteiger partial charge >= 0.3 is 0 Å². The van der Waals surface area contributed by atoms with Gasteiger partial charge in [0.25, 0.3) is 0 Å². The van der Waals surface area contributed by atoms with Crippen molar-refractivity contribution in [3.63, 3.8) is 0 Å². The number of benzene rings is 9. The summed E-state index contributed by atoms with van der Waals surface area (Å²) in [5.74, 6) is 0.500. The molecule has 0 bridgehead atoms. The van der Waals surface area contributed by atoms with Crippen LogP contribution in [0.4, 0.5) is 0 Å². The fourth-order valence-corrected chi connectivity index (χ4v) is 10.4. The van der Waals surface area contributed by atoms with Gasteiger partial charge in [0.05, 0.1) is 0 Å². The van der Waals surface area contributed by atoms with Gasteiger partial charge in [-0.2, -0.15) is 0 Å². The largest absolute Gasteiger partial charge is 0.456 e. The number of allylic oxidation sites excluding steroid dienone is 1. The van der Waals surface area contributed by atoms with Gasteiger partial charge in [0.15, 0.2) is 0 Å². The number of aliphatic imine (C=N–C) groups is 1. The third-order valence-corrected chi connectivity index (χ3v) is 13.4. The predicted octanol–water partition coefficient (Wildman–Crippen LogP) is 15.8. The lowest BCUT2D eigenvalue weighted by atomic mass is 9.90. The van der Waals surface area contributed by atoms with Crippen LogP contribution in [0.2, 0.25) is 0 Å². The first-order valence-electron chi connectivity index (χ1n) is 21.0. The molecule has 3 nitrogen and oxygen atoms in total. The molecule has 1 atom stereocenters. The molecule has 0 radical (unpaired) electrons. The number of thiophene rings is 1. The van der Waals surface area contributed by atoms with E-state index >= 15 is 0 Å². The molecule has 0 amide bonds. The van der Waals surface area contributed by atoms with E-state index in [4.69, 9.17) is 15.1 Å². The van der Waals surface area contributed by atoms with Crippen molar-refractivity contribution in [2.45, 2.75) is 26.3 Å². The second-order valence-electron chi connectivity index (χ2n) is 15.9. The summed E-state index contributed by atoms with van der Waals surface area (Å²) in [4.78, 5) is 5.29. The first kappa shape index (κ1) is 36.8. The zero-order valence-corrected chi connectivity index (χ0v) is 34.8. The highest BCUT2D eigenvalue weighted by Gasteiger charge is 2.21. The zero-order chi connectivity index (χ0) is 41.0. The number of furan rings is 1. The topological polar surface area (TPSA) is 51.5 Å². The van der Waals surface area contributed by atoms with Crippen LogP contribution < -0.4 is 5.73 Å². The summed E-state index contributed by atoms with van der Waals surface area (Å²) in [7, 11) is 0. The summed E-state index contributed by atoms with van der Waals surface area (Å²) in [6, 6.07) is 62.5. The lowest BCUT2D eigenvalue weighted by Gasteiger charge is -2.17. The van der Waals surface area contributed by atoms with Gasteiger partial charge in [-0.25, -0.2) is 0 Å². The van der Waals surface area contributed by atoms with Crippen molar-refractivity contribution in [2.24, 2.45) is 10.7 Å². The number of hydrogen-bond acceptors (Lipinski definition) is 3. The predicted molar refractivity (Wildman–Crippen MR) is 262 cm³/mol. The van der Waals surface area contributed by atoms with E-state index in [9.17, 15) is 0 Å². The van der Waals surface area contributed by atoms with Gasteiger partial charge in [-0.1, -0.05) is 159 Å². The van der Waals surface area contributed by atoms with Gasteiger partial charge in [-0.3, -0.25) is 4.99 Å². The van der Waals surface area contributed by atoms with Gasteiger partial charge in [-0.15, -0.1) is 11.3 Å². The maximum absolute atomic E-state index is 6.95. The smallest absolute Gasteiger partial charge is 0.136 e. The fourth-order valence-electron chi connectivity index (χ4n) is 9.29. The summed E-state index contributed by atoms with van der Waals surface area (Å²) in [6.45, 7) is 4.43. The number of nitrogens with two attached hydrogens (primary N) is 1. The van der Waals surface area contributed by atoms with Gasteiger partial charge < -0.3 is 10.2 Å². The Kier molecular flexibility index (Phi) is 9.09. The van der Waals surface area contributed by atoms with Crippen LogP contribution in [0.1, 0.15) is 47.2 Å². The van der Waals surface area contributed by atoms with Crippen molar-refractivity contribution >= 4 is 86.9 Å². The normalized spacial score (nSPS) is 12.9. The Hall–Kier alpha value is -7.27. The van der Waals surface area contributed by atoms with Crippen LogP contribution in [0.25, 0.3) is 92.0 Å². The molecule has 0 aliphatic heterocycles. The third kappa shape index (κ3) is 6.30. The Bertz CT molecular complexity index is 3540. The van der Waals surface area contributed by atoms with Crippen LogP contribution in [-0.2, 0) is 0 Å². The molecule has 0 fully saturated rings. The summed E-state index contributed by atoms with van der Waals surface area (Å²) < 4.78 is 9.02. The molecule has 4 heteroatoms. The molecule has 292 valence electrons. The number of nitrogens with zero attached hydrogens (tertiary/aromatic N) is 1. The first-order chi connectivity index (χ1) is 30.0. The molecule has 2 heterocycles. The molecule has 0 saturated heterocycles. The molecular formula is C57H42N2OS. The molecule has 11 aromatic rings. The lowest BCUT2D eigenvalue weighted by Crippen LogP contribution is -2.16. The zero-order valence-electron chi connectivity index (χ0n) is 34.0. The van der Waals surface area contributed by atoms with E-state index in [-0.39, 0.29) is 6.04 Å². The molecule has 0 aliphatic carbocycles. The average molecular weight is 803 g/mol. The third-order valence-electron chi connectivity index (χ3n) is 12.3. The van der Waals surface area contributed by atoms with Gasteiger partial charge in [0, 0.05) is 36.5 Å². The highest BCUT2D eigenvalue weighted by molar-refractivity contribution is 7.25. The Morgan fingerprint density at radius 2 is 1.28 bits per heavy atom. The summed E-state index contributed by atoms with van der Waals surface area (Å²) in [5, 5.41) is 9.80. The molecule has 0 spiro atoms. The van der Waals surface area contributed by atoms with Crippen molar-refractivity contribution in [3.8, 4) is 22.3 Å². The van der Waals surface area contributed by atoms with Gasteiger partial charge in [0.1, 0.15) is 23.0 Å². The van der Waals surface area contributed by atoms with E-state index in [0.717, 1.165) is 61.7 Å². The number of fused-ring (bicyclic) bond motifs is 9. The number of aryl methyl sites for hydroxylation is 1. The molecule has 0 saturated carbocycles. The van der Waals surface area contributed by atoms with Crippen LogP contribution in [0.3, 0.4) is 0 Å². The van der Waals surface area contributed by atoms with E-state index in [2.05, 4.69) is 196 Å². The summed E-state index contributed by atoms with van der Waals surface area (Å²) in [5.41, 5.74) is 19.0. The standard InChI is InChI=1S/C57H42N2OS/c1-3-4-16-41-35(2)42-17-8-9-18-44(42)48-33-39(29-31-45(41)48)40-30-32-50-49(34-40)54-43(20-12-22-51(54)60-50)36-25-27-38(28-26-36)57(58)59-56(37-14-6-5-7-15-37)47-21-13-24-53-55(47)46-19-10-11-23-52(46)61-53/h4-34,56H,3H2,1-2H3,(H2,58,59)/b16-4-. The average Bonchev–Trinajstić information content (AvgIpc) is 3.89. The second kappa shape index (κ2) is 15.1. The van der Waals surface area contributed by atoms with Gasteiger partial charge in [-0.05, 0) is 116 Å². The molecule has 11 rings (SSSR count). The van der Waals surface area contributed by atoms with Crippen molar-refractivity contribution in [1.82, 2.24) is 0 Å². The summed E-state index contributed by atoms with van der Waals surface area (Å²) in [6.07, 6.45) is 5.55. The molecule has 0 aliphatic rings. The van der Waals surface area contributed by atoms with E-state index < -0.39 is 0 Å². The van der Waals surface area contributed by atoms with E-state index in [1.54, 1.807) is 0 Å². The Morgan fingerprint density at radius 3 is 2.10 bits per heavy atom. The molecule has 2 aromatic heterocycles. The lowest BCUT2D eigenvalue weighted by molar-refractivity contribution is 0.669. The van der Waals surface area contributed by atoms with Crippen molar-refractivity contribution < 1.29 is 4.42 Å². The molecule has 1 unspecified atom stereocenters. The summed E-state index contributed by atoms with van der Waals surface area (Å²) >= 11 is 1.82. The number of rotatable bonds is 8. The Labute approximate surface area is 358 Å². The molecular weight excluding hydrogens is 761 g/mol. The second-order valence-corrected chi connectivity index (χ2v) is 17.0. The fraction of sp³-hybridized carbons (Fsp3) is 0.0702. The monoisotopic (exact) mass is 802 g/mol. The SMILES string of the molecule is CC/C=C\c1c(C)c2ccccc2c2cc(-c3ccc4oc5cccc(-c6ccc(C(N)=NC(c7ccccc7)c7cccc8sc9ccccc9c78)cc6)c5c4c3)ccc12. The van der Waals surface area contributed by atoms with Crippen LogP contribution in [0.5, 0.6) is 0 Å². The Morgan fingerprint density at radius 1 is 0.590 bits per heavy atom. The van der Waals surface area contributed by atoms with Gasteiger partial charge in [0.2, 0.25) is 0 Å². The quantitative estimate of drug-likeness (QED) is 0.0945. The first-order valence-corrected chi connectivity index (χ1v) is 21.8. The van der Waals surface area contributed by atoms with Crippen LogP contribution in [0, 0.1) is 6.92 Å². The highest BCUT2D eigenvalue weighted by Crippen LogP contribution is 2.43. The van der Waals surface area contributed by atoms with E-state index in [1.807, 2.05) is 17.4 Å².